The van der Waals surface area contributed by atoms with Crippen molar-refractivity contribution < 1.29 is 9.21 Å². The van der Waals surface area contributed by atoms with E-state index in [1.807, 2.05) is 44.4 Å². The molecule has 1 N–H and O–H groups in total. The van der Waals surface area contributed by atoms with Crippen molar-refractivity contribution in [3.05, 3.63) is 65.2 Å². The molecule has 0 saturated carbocycles. The Hall–Kier alpha value is -2.35. The first-order valence-electron chi connectivity index (χ1n) is 8.73. The van der Waals surface area contributed by atoms with Crippen LogP contribution < -0.4 is 5.32 Å². The van der Waals surface area contributed by atoms with E-state index in [9.17, 15) is 4.79 Å². The van der Waals surface area contributed by atoms with Gasteiger partial charge in [-0.2, -0.15) is 0 Å². The zero-order valence-electron chi connectivity index (χ0n) is 15.6. The lowest BCUT2D eigenvalue weighted by molar-refractivity contribution is -0.118. The van der Waals surface area contributed by atoms with Gasteiger partial charge in [0.05, 0.1) is 11.8 Å². The number of hydrogen-bond donors (Lipinski definition) is 1. The molecular formula is C20H21ClN4O2S. The predicted octanol–water partition coefficient (Wildman–Crippen LogP) is 3.90. The first kappa shape index (κ1) is 20.4. The maximum absolute atomic E-state index is 12.2. The molecule has 0 spiro atoms. The number of benzene rings is 2. The van der Waals surface area contributed by atoms with E-state index in [1.54, 1.807) is 12.1 Å². The van der Waals surface area contributed by atoms with Gasteiger partial charge in [0, 0.05) is 17.1 Å². The fourth-order valence-electron chi connectivity index (χ4n) is 2.64. The van der Waals surface area contributed by atoms with E-state index in [-0.39, 0.29) is 17.7 Å². The van der Waals surface area contributed by atoms with Gasteiger partial charge in [-0.15, -0.1) is 10.2 Å². The van der Waals surface area contributed by atoms with Crippen LogP contribution in [0.25, 0.3) is 11.5 Å². The highest BCUT2D eigenvalue weighted by Crippen LogP contribution is 2.24. The average molecular weight is 417 g/mol. The van der Waals surface area contributed by atoms with E-state index < -0.39 is 0 Å². The molecule has 146 valence electrons. The number of carbonyl (C=O) groups is 1. The van der Waals surface area contributed by atoms with Crippen molar-refractivity contribution in [2.45, 2.75) is 11.3 Å². The van der Waals surface area contributed by atoms with Crippen molar-refractivity contribution in [1.82, 2.24) is 20.4 Å². The van der Waals surface area contributed by atoms with Crippen LogP contribution in [0.15, 0.2) is 64.2 Å². The van der Waals surface area contributed by atoms with Crippen LogP contribution >= 0.6 is 23.4 Å². The third-order valence-electron chi connectivity index (χ3n) is 4.12. The summed E-state index contributed by atoms with van der Waals surface area (Å²) in [5, 5.41) is 12.0. The summed E-state index contributed by atoms with van der Waals surface area (Å²) in [5.74, 6) is 0.521. The van der Waals surface area contributed by atoms with Gasteiger partial charge in [-0.05, 0) is 43.9 Å². The molecule has 0 aliphatic carbocycles. The second-order valence-corrected chi connectivity index (χ2v) is 7.73. The number of hydrogen-bond acceptors (Lipinski definition) is 6. The molecule has 0 aliphatic rings. The van der Waals surface area contributed by atoms with Crippen LogP contribution in [0, 0.1) is 0 Å². The minimum Gasteiger partial charge on any atom is -0.411 e. The van der Waals surface area contributed by atoms with Crippen molar-refractivity contribution in [3.63, 3.8) is 0 Å². The SMILES string of the molecule is CN(C)[C@@H](CNC(=O)CSc1nnc(-c2ccc(Cl)cc2)o1)c1ccccc1. The molecule has 3 rings (SSSR count). The third kappa shape index (κ3) is 5.58. The van der Waals surface area contributed by atoms with Gasteiger partial charge in [-0.1, -0.05) is 53.7 Å². The zero-order chi connectivity index (χ0) is 19.9. The van der Waals surface area contributed by atoms with Crippen LogP contribution in [0.3, 0.4) is 0 Å². The lowest BCUT2D eigenvalue weighted by Crippen LogP contribution is -2.35. The van der Waals surface area contributed by atoms with Crippen molar-refractivity contribution in [2.75, 3.05) is 26.4 Å². The van der Waals surface area contributed by atoms with Crippen LogP contribution in [-0.4, -0.2) is 47.4 Å². The van der Waals surface area contributed by atoms with E-state index in [4.69, 9.17) is 16.0 Å². The van der Waals surface area contributed by atoms with Crippen LogP contribution in [-0.2, 0) is 4.79 Å². The molecule has 8 heteroatoms. The molecule has 1 atom stereocenters. The van der Waals surface area contributed by atoms with Gasteiger partial charge in [0.2, 0.25) is 11.8 Å². The molecule has 0 saturated heterocycles. The summed E-state index contributed by atoms with van der Waals surface area (Å²) in [4.78, 5) is 14.3. The number of thioether (sulfide) groups is 1. The molecule has 0 aliphatic heterocycles. The fraction of sp³-hybridized carbons (Fsp3) is 0.250. The number of carbonyl (C=O) groups excluding carboxylic acids is 1. The molecule has 2 aromatic carbocycles. The normalized spacial score (nSPS) is 12.1. The molecule has 1 amide bonds. The minimum absolute atomic E-state index is 0.0842. The lowest BCUT2D eigenvalue weighted by atomic mass is 10.1. The van der Waals surface area contributed by atoms with Crippen LogP contribution in [0.5, 0.6) is 0 Å². The first-order chi connectivity index (χ1) is 13.5. The maximum Gasteiger partial charge on any atom is 0.277 e. The molecule has 1 heterocycles. The van der Waals surface area contributed by atoms with Gasteiger partial charge >= 0.3 is 0 Å². The third-order valence-corrected chi connectivity index (χ3v) is 5.20. The summed E-state index contributed by atoms with van der Waals surface area (Å²) in [5.41, 5.74) is 1.94. The van der Waals surface area contributed by atoms with Crippen molar-refractivity contribution in [1.29, 1.82) is 0 Å². The van der Waals surface area contributed by atoms with Crippen LogP contribution in [0.4, 0.5) is 0 Å². The Morgan fingerprint density at radius 1 is 1.14 bits per heavy atom. The van der Waals surface area contributed by atoms with Gasteiger partial charge in [0.15, 0.2) is 0 Å². The van der Waals surface area contributed by atoms with Gasteiger partial charge in [-0.3, -0.25) is 4.79 Å². The summed E-state index contributed by atoms with van der Waals surface area (Å²) in [6, 6.07) is 17.3. The molecule has 28 heavy (non-hydrogen) atoms. The predicted molar refractivity (Wildman–Crippen MR) is 111 cm³/mol. The minimum atomic E-state index is -0.0842. The molecule has 0 fully saturated rings. The number of rotatable bonds is 8. The summed E-state index contributed by atoms with van der Waals surface area (Å²) in [6.07, 6.45) is 0. The molecule has 6 nitrogen and oxygen atoms in total. The number of nitrogens with one attached hydrogen (secondary N) is 1. The lowest BCUT2D eigenvalue weighted by Gasteiger charge is -2.25. The Kier molecular flexibility index (Phi) is 7.08. The standard InChI is InChI=1S/C20H21ClN4O2S/c1-25(2)17(14-6-4-3-5-7-14)12-22-18(26)13-28-20-24-23-19(27-20)15-8-10-16(21)11-9-15/h3-11,17H,12-13H2,1-2H3,(H,22,26)/t17-/m0/s1. The van der Waals surface area contributed by atoms with Gasteiger partial charge in [-0.25, -0.2) is 0 Å². The highest BCUT2D eigenvalue weighted by Gasteiger charge is 2.16. The van der Waals surface area contributed by atoms with Crippen LogP contribution in [0.1, 0.15) is 11.6 Å². The second kappa shape index (κ2) is 9.73. The molecule has 3 aromatic rings. The molecular weight excluding hydrogens is 396 g/mol. The number of likely N-dealkylation sites (N-methyl/N-ethyl adjacent to an activating group) is 1. The summed E-state index contributed by atoms with van der Waals surface area (Å²) in [7, 11) is 3.99. The fourth-order valence-corrected chi connectivity index (χ4v) is 3.36. The quantitative estimate of drug-likeness (QED) is 0.561. The smallest absolute Gasteiger partial charge is 0.277 e. The number of amides is 1. The Morgan fingerprint density at radius 2 is 1.86 bits per heavy atom. The van der Waals surface area contributed by atoms with Gasteiger partial charge in [0.25, 0.3) is 5.22 Å². The monoisotopic (exact) mass is 416 g/mol. The topological polar surface area (TPSA) is 71.3 Å². The van der Waals surface area contributed by atoms with Gasteiger partial charge in [0.1, 0.15) is 0 Å². The van der Waals surface area contributed by atoms with Crippen molar-refractivity contribution in [3.8, 4) is 11.5 Å². The maximum atomic E-state index is 12.2. The van der Waals surface area contributed by atoms with E-state index in [0.29, 0.717) is 22.7 Å². The second-order valence-electron chi connectivity index (χ2n) is 6.36. The average Bonchev–Trinajstić information content (AvgIpc) is 3.17. The van der Waals surface area contributed by atoms with Gasteiger partial charge < -0.3 is 14.6 Å². The Morgan fingerprint density at radius 3 is 2.54 bits per heavy atom. The highest BCUT2D eigenvalue weighted by atomic mass is 35.5. The Balaban J connectivity index is 1.51. The largest absolute Gasteiger partial charge is 0.411 e. The summed E-state index contributed by atoms with van der Waals surface area (Å²) in [6.45, 7) is 0.524. The summed E-state index contributed by atoms with van der Waals surface area (Å²) >= 11 is 7.09. The first-order valence-corrected chi connectivity index (χ1v) is 10.1. The summed E-state index contributed by atoms with van der Waals surface area (Å²) < 4.78 is 5.60. The number of aromatic nitrogens is 2. The van der Waals surface area contributed by atoms with E-state index >= 15 is 0 Å². The van der Waals surface area contributed by atoms with Crippen molar-refractivity contribution in [2.24, 2.45) is 0 Å². The van der Waals surface area contributed by atoms with E-state index in [0.717, 1.165) is 11.1 Å². The highest BCUT2D eigenvalue weighted by molar-refractivity contribution is 7.99. The van der Waals surface area contributed by atoms with Crippen LogP contribution in [0.2, 0.25) is 5.02 Å². The zero-order valence-corrected chi connectivity index (χ0v) is 17.2. The number of halogens is 1. The molecule has 0 unspecified atom stereocenters. The number of nitrogens with zero attached hydrogens (tertiary/aromatic N) is 3. The Bertz CT molecular complexity index is 900. The molecule has 0 bridgehead atoms. The van der Waals surface area contributed by atoms with E-state index in [2.05, 4.69) is 32.5 Å². The Labute approximate surface area is 173 Å². The van der Waals surface area contributed by atoms with Crippen molar-refractivity contribution >= 4 is 29.3 Å². The molecule has 1 aromatic heterocycles. The van der Waals surface area contributed by atoms with E-state index in [1.165, 1.54) is 11.8 Å². The molecule has 0 radical (unpaired) electrons.